The van der Waals surface area contributed by atoms with Gasteiger partial charge in [-0.3, -0.25) is 14.7 Å². The minimum atomic E-state index is -1.42. The number of amides is 3. The van der Waals surface area contributed by atoms with Crippen LogP contribution in [0.25, 0.3) is 17.2 Å². The number of anilines is 2. The van der Waals surface area contributed by atoms with E-state index in [0.717, 1.165) is 11.6 Å². The molecule has 2 fully saturated rings. The van der Waals surface area contributed by atoms with Crippen LogP contribution in [0, 0.1) is 5.82 Å². The molecule has 4 N–H and O–H groups in total. The van der Waals surface area contributed by atoms with E-state index < -0.39 is 65.8 Å². The SMILES string of the molecule is CCNC(=O)Nc1ncnc2c1ncn2C1OC(C(=O)Nc2c(F)cccc2C(=O)O)C2O[C@H](/C=C/c3ccccc3)OC21. The molecular weight excluding hydrogens is 577 g/mol. The number of carbonyl (C=O) groups is 3. The fourth-order valence-electron chi connectivity index (χ4n) is 5.02. The highest BCUT2D eigenvalue weighted by Gasteiger charge is 2.56. The van der Waals surface area contributed by atoms with Gasteiger partial charge in [-0.1, -0.05) is 42.5 Å². The van der Waals surface area contributed by atoms with Crippen LogP contribution in [0.2, 0.25) is 0 Å². The van der Waals surface area contributed by atoms with Crippen LogP contribution in [-0.4, -0.2) is 73.7 Å². The van der Waals surface area contributed by atoms with Gasteiger partial charge >= 0.3 is 12.0 Å². The number of urea groups is 1. The minimum Gasteiger partial charge on any atom is -0.478 e. The van der Waals surface area contributed by atoms with Crippen LogP contribution in [0.1, 0.15) is 29.1 Å². The van der Waals surface area contributed by atoms with Crippen LogP contribution in [0.15, 0.2) is 67.3 Å². The average molecular weight is 604 g/mol. The molecule has 6 rings (SSSR count). The molecule has 0 spiro atoms. The molecule has 14 nitrogen and oxygen atoms in total. The van der Waals surface area contributed by atoms with Gasteiger partial charge in [0.05, 0.1) is 17.6 Å². The van der Waals surface area contributed by atoms with E-state index in [1.807, 2.05) is 30.3 Å². The molecule has 4 heterocycles. The highest BCUT2D eigenvalue weighted by atomic mass is 19.1. The fourth-order valence-corrected chi connectivity index (χ4v) is 5.02. The summed E-state index contributed by atoms with van der Waals surface area (Å²) in [6, 6.07) is 12.4. The summed E-state index contributed by atoms with van der Waals surface area (Å²) in [5.74, 6) is -3.04. The van der Waals surface area contributed by atoms with Gasteiger partial charge in [0, 0.05) is 6.54 Å². The van der Waals surface area contributed by atoms with E-state index in [-0.39, 0.29) is 17.0 Å². The van der Waals surface area contributed by atoms with Crippen LogP contribution in [0.4, 0.5) is 20.7 Å². The maximum absolute atomic E-state index is 14.7. The van der Waals surface area contributed by atoms with Crippen molar-refractivity contribution >= 4 is 46.7 Å². The van der Waals surface area contributed by atoms with Crippen molar-refractivity contribution < 1.29 is 38.1 Å². The smallest absolute Gasteiger partial charge is 0.337 e. The number of nitrogens with zero attached hydrogens (tertiary/aromatic N) is 4. The Bertz CT molecular complexity index is 1750. The van der Waals surface area contributed by atoms with Crippen molar-refractivity contribution in [1.82, 2.24) is 24.8 Å². The summed E-state index contributed by atoms with van der Waals surface area (Å²) < 4.78 is 34.6. The molecule has 2 aromatic heterocycles. The minimum absolute atomic E-state index is 0.150. The molecule has 0 aliphatic carbocycles. The Morgan fingerprint density at radius 3 is 2.57 bits per heavy atom. The number of benzene rings is 2. The van der Waals surface area contributed by atoms with Crippen LogP contribution >= 0.6 is 0 Å². The largest absolute Gasteiger partial charge is 0.478 e. The van der Waals surface area contributed by atoms with E-state index in [1.165, 1.54) is 29.4 Å². The van der Waals surface area contributed by atoms with Gasteiger partial charge in [0.25, 0.3) is 5.91 Å². The van der Waals surface area contributed by atoms with Gasteiger partial charge in [0.2, 0.25) is 0 Å². The normalized spacial score (nSPS) is 22.6. The first kappa shape index (κ1) is 28.9. The number of halogens is 1. The Morgan fingerprint density at radius 1 is 1.00 bits per heavy atom. The molecule has 2 aliphatic rings. The zero-order chi connectivity index (χ0) is 30.8. The van der Waals surface area contributed by atoms with Gasteiger partial charge in [-0.25, -0.2) is 28.9 Å². The maximum Gasteiger partial charge on any atom is 0.337 e. The molecule has 15 heteroatoms. The van der Waals surface area contributed by atoms with E-state index >= 15 is 0 Å². The number of para-hydroxylation sites is 1. The zero-order valence-corrected chi connectivity index (χ0v) is 23.1. The van der Waals surface area contributed by atoms with Crippen LogP contribution in [0.5, 0.6) is 0 Å². The van der Waals surface area contributed by atoms with Gasteiger partial charge in [-0.05, 0) is 30.7 Å². The van der Waals surface area contributed by atoms with Crippen molar-refractivity contribution in [3.05, 3.63) is 84.2 Å². The molecule has 4 unspecified atom stereocenters. The zero-order valence-electron chi connectivity index (χ0n) is 23.1. The third-order valence-electron chi connectivity index (χ3n) is 6.97. The molecular formula is C29H26FN7O7. The van der Waals surface area contributed by atoms with Gasteiger partial charge < -0.3 is 30.0 Å². The fraction of sp³-hybridized carbons (Fsp3) is 0.241. The van der Waals surface area contributed by atoms with Crippen LogP contribution in [-0.2, 0) is 19.0 Å². The number of carboxylic acids is 1. The number of hydrogen-bond acceptors (Lipinski definition) is 9. The molecule has 226 valence electrons. The number of fused-ring (bicyclic) bond motifs is 2. The highest BCUT2D eigenvalue weighted by Crippen LogP contribution is 2.41. The van der Waals surface area contributed by atoms with Crippen molar-refractivity contribution in [3.8, 4) is 0 Å². The Kier molecular flexibility index (Phi) is 7.97. The number of imidazole rings is 1. The average Bonchev–Trinajstić information content (AvgIpc) is 3.72. The number of carboxylic acid groups (broad SMARTS) is 1. The number of carbonyl (C=O) groups excluding carboxylic acids is 2. The lowest BCUT2D eigenvalue weighted by Crippen LogP contribution is -2.38. The number of rotatable bonds is 8. The summed E-state index contributed by atoms with van der Waals surface area (Å²) >= 11 is 0. The first-order valence-corrected chi connectivity index (χ1v) is 13.6. The van der Waals surface area contributed by atoms with Crippen molar-refractivity contribution in [1.29, 1.82) is 0 Å². The molecule has 3 amide bonds. The standard InChI is InChI=1S/C29H26FN7O7/c1-2-31-29(41)36-24-20-25(33-13-32-24)37(14-34-20)27-23-21(42-18(43-23)12-11-15-7-4-3-5-8-15)22(44-27)26(38)35-19-16(28(39)40)9-6-10-17(19)30/h3-14,18,21-23,27H,2H2,1H3,(H,35,38)(H,39,40)(H2,31,32,33,36,41)/b12-11+/t18-,21?,22?,23?,27?/m0/s1. The van der Waals surface area contributed by atoms with Gasteiger partial charge in [0.15, 0.2) is 35.6 Å². The molecule has 44 heavy (non-hydrogen) atoms. The van der Waals surface area contributed by atoms with Crippen LogP contribution < -0.4 is 16.0 Å². The second kappa shape index (κ2) is 12.2. The molecule has 0 saturated carbocycles. The summed E-state index contributed by atoms with van der Waals surface area (Å²) in [4.78, 5) is 50.1. The summed E-state index contributed by atoms with van der Waals surface area (Å²) in [5.41, 5.74) is 0.481. The van der Waals surface area contributed by atoms with Crippen molar-refractivity contribution in [2.45, 2.75) is 37.8 Å². The number of aromatic carboxylic acids is 1. The second-order valence-corrected chi connectivity index (χ2v) is 9.77. The molecule has 5 atom stereocenters. The Balaban J connectivity index is 1.32. The molecule has 0 bridgehead atoms. The monoisotopic (exact) mass is 603 g/mol. The maximum atomic E-state index is 14.7. The lowest BCUT2D eigenvalue weighted by Gasteiger charge is -2.20. The number of nitrogens with one attached hydrogen (secondary N) is 3. The topological polar surface area (TPSA) is 179 Å². The number of hydrogen-bond donors (Lipinski definition) is 4. The molecule has 2 aliphatic heterocycles. The molecule has 4 aromatic rings. The lowest BCUT2D eigenvalue weighted by molar-refractivity contribution is -0.148. The van der Waals surface area contributed by atoms with Crippen molar-refractivity contribution in [2.24, 2.45) is 0 Å². The quantitative estimate of drug-likeness (QED) is 0.234. The van der Waals surface area contributed by atoms with E-state index in [1.54, 1.807) is 19.1 Å². The summed E-state index contributed by atoms with van der Waals surface area (Å²) in [6.07, 6.45) is 1.02. The van der Waals surface area contributed by atoms with E-state index in [4.69, 9.17) is 14.2 Å². The highest BCUT2D eigenvalue weighted by molar-refractivity contribution is 6.02. The predicted octanol–water partition coefficient (Wildman–Crippen LogP) is 3.16. The molecule has 2 saturated heterocycles. The lowest BCUT2D eigenvalue weighted by atomic mass is 10.1. The first-order chi connectivity index (χ1) is 21.3. The summed E-state index contributed by atoms with van der Waals surface area (Å²) in [7, 11) is 0. The second-order valence-electron chi connectivity index (χ2n) is 9.77. The van der Waals surface area contributed by atoms with Gasteiger partial charge in [-0.2, -0.15) is 0 Å². The third kappa shape index (κ3) is 5.58. The Hall–Kier alpha value is -5.25. The summed E-state index contributed by atoms with van der Waals surface area (Å²) in [5, 5.41) is 17.1. The van der Waals surface area contributed by atoms with E-state index in [2.05, 4.69) is 30.9 Å². The third-order valence-corrected chi connectivity index (χ3v) is 6.97. The van der Waals surface area contributed by atoms with Crippen molar-refractivity contribution in [3.63, 3.8) is 0 Å². The number of ether oxygens (including phenoxy) is 3. The van der Waals surface area contributed by atoms with E-state index in [9.17, 15) is 23.9 Å². The van der Waals surface area contributed by atoms with Crippen molar-refractivity contribution in [2.75, 3.05) is 17.2 Å². The van der Waals surface area contributed by atoms with E-state index in [0.29, 0.717) is 6.54 Å². The molecule has 0 radical (unpaired) electrons. The Labute approximate surface area is 248 Å². The molecule has 2 aromatic carbocycles. The van der Waals surface area contributed by atoms with Gasteiger partial charge in [-0.15, -0.1) is 0 Å². The predicted molar refractivity (Wildman–Crippen MR) is 153 cm³/mol. The van der Waals surface area contributed by atoms with Gasteiger partial charge in [0.1, 0.15) is 24.4 Å². The van der Waals surface area contributed by atoms with Crippen LogP contribution in [0.3, 0.4) is 0 Å². The number of aromatic nitrogens is 4. The first-order valence-electron chi connectivity index (χ1n) is 13.6. The Morgan fingerprint density at radius 2 is 1.80 bits per heavy atom. The summed E-state index contributed by atoms with van der Waals surface area (Å²) in [6.45, 7) is 2.17.